The Morgan fingerprint density at radius 2 is 2.04 bits per heavy atom. The van der Waals surface area contributed by atoms with Gasteiger partial charge in [0.15, 0.2) is 10.8 Å². The van der Waals surface area contributed by atoms with Crippen molar-refractivity contribution in [2.24, 2.45) is 7.05 Å². The third kappa shape index (κ3) is 3.11. The minimum Gasteiger partial charge on any atom is -0.320 e. The smallest absolute Gasteiger partial charge is 0.252 e. The van der Waals surface area contributed by atoms with Crippen LogP contribution in [0.25, 0.3) is 21.4 Å². The fourth-order valence-electron chi connectivity index (χ4n) is 3.01. The van der Waals surface area contributed by atoms with Gasteiger partial charge in [-0.05, 0) is 37.1 Å². The number of nitrogens with zero attached hydrogens (tertiary/aromatic N) is 4. The molecule has 1 N–H and O–H groups in total. The lowest BCUT2D eigenvalue weighted by Gasteiger charge is -2.07. The first-order chi connectivity index (χ1) is 12.8. The van der Waals surface area contributed by atoms with E-state index in [1.165, 1.54) is 22.0 Å². The molecule has 0 atom stereocenters. The van der Waals surface area contributed by atoms with Crippen LogP contribution >= 0.6 is 22.9 Å². The number of halogens is 1. The van der Waals surface area contributed by atoms with Crippen molar-refractivity contribution in [1.82, 2.24) is 19.1 Å². The number of hydrogen-bond donors (Lipinski definition) is 1. The molecule has 0 aliphatic heterocycles. The van der Waals surface area contributed by atoms with E-state index >= 15 is 0 Å². The van der Waals surface area contributed by atoms with E-state index in [0.29, 0.717) is 15.8 Å². The maximum absolute atomic E-state index is 12.5. The SMILES string of the molecule is Cc1cc2sc(NC(=O)Cn3cnc4c3c(C)cc(=O)n4C)nc2cc1Cl. The predicted octanol–water partition coefficient (Wildman–Crippen LogP) is 3.25. The van der Waals surface area contributed by atoms with E-state index < -0.39 is 0 Å². The molecule has 4 aromatic rings. The zero-order chi connectivity index (χ0) is 19.3. The van der Waals surface area contributed by atoms with E-state index in [-0.39, 0.29) is 18.0 Å². The zero-order valence-corrected chi connectivity index (χ0v) is 16.5. The lowest BCUT2D eigenvalue weighted by molar-refractivity contribution is -0.116. The summed E-state index contributed by atoms with van der Waals surface area (Å²) < 4.78 is 4.16. The molecule has 1 amide bonds. The van der Waals surface area contributed by atoms with E-state index in [1.807, 2.05) is 19.9 Å². The summed E-state index contributed by atoms with van der Waals surface area (Å²) in [5.41, 5.74) is 3.69. The van der Waals surface area contributed by atoms with Crippen LogP contribution in [0.5, 0.6) is 0 Å². The summed E-state index contributed by atoms with van der Waals surface area (Å²) in [6, 6.07) is 5.29. The number of carbonyl (C=O) groups is 1. The number of anilines is 1. The molecule has 0 radical (unpaired) electrons. The van der Waals surface area contributed by atoms with Gasteiger partial charge in [-0.1, -0.05) is 22.9 Å². The summed E-state index contributed by atoms with van der Waals surface area (Å²) in [6.45, 7) is 3.84. The maximum atomic E-state index is 12.5. The van der Waals surface area contributed by atoms with Crippen molar-refractivity contribution in [3.63, 3.8) is 0 Å². The lowest BCUT2D eigenvalue weighted by atomic mass is 10.2. The van der Waals surface area contributed by atoms with Crippen LogP contribution in [-0.4, -0.2) is 25.0 Å². The Morgan fingerprint density at radius 1 is 1.26 bits per heavy atom. The molecule has 0 fully saturated rings. The van der Waals surface area contributed by atoms with Crippen LogP contribution < -0.4 is 10.9 Å². The van der Waals surface area contributed by atoms with E-state index in [1.54, 1.807) is 24.0 Å². The predicted molar refractivity (Wildman–Crippen MR) is 108 cm³/mol. The van der Waals surface area contributed by atoms with Crippen LogP contribution in [0.2, 0.25) is 5.02 Å². The van der Waals surface area contributed by atoms with Crippen molar-refractivity contribution in [1.29, 1.82) is 0 Å². The van der Waals surface area contributed by atoms with E-state index in [0.717, 1.165) is 26.9 Å². The first kappa shape index (κ1) is 17.7. The highest BCUT2D eigenvalue weighted by Crippen LogP contribution is 2.30. The Morgan fingerprint density at radius 3 is 2.81 bits per heavy atom. The lowest BCUT2D eigenvalue weighted by Crippen LogP contribution is -2.20. The third-order valence-electron chi connectivity index (χ3n) is 4.41. The molecule has 3 aromatic heterocycles. The standard InChI is InChI=1S/C18H16ClN5O2S/c1-9-4-13-12(6-11(9)19)21-18(27-13)22-14(25)7-24-8-20-17-16(24)10(2)5-15(26)23(17)3/h4-6,8H,7H2,1-3H3,(H,21,22,25). The first-order valence-corrected chi connectivity index (χ1v) is 9.41. The van der Waals surface area contributed by atoms with Gasteiger partial charge >= 0.3 is 0 Å². The van der Waals surface area contributed by atoms with Crippen LogP contribution in [0, 0.1) is 13.8 Å². The quantitative estimate of drug-likeness (QED) is 0.571. The zero-order valence-electron chi connectivity index (χ0n) is 14.9. The molecular formula is C18H16ClN5O2S. The fourth-order valence-corrected chi connectivity index (χ4v) is 4.13. The number of benzene rings is 1. The molecule has 0 saturated carbocycles. The Hall–Kier alpha value is -2.71. The van der Waals surface area contributed by atoms with Crippen molar-refractivity contribution in [3.05, 3.63) is 51.0 Å². The minimum absolute atomic E-state index is 0.0747. The van der Waals surface area contributed by atoms with Gasteiger partial charge in [0.05, 0.1) is 22.1 Å². The van der Waals surface area contributed by atoms with Gasteiger partial charge in [0, 0.05) is 18.1 Å². The van der Waals surface area contributed by atoms with Crippen molar-refractivity contribution in [2.75, 3.05) is 5.32 Å². The van der Waals surface area contributed by atoms with Gasteiger partial charge in [-0.15, -0.1) is 0 Å². The van der Waals surface area contributed by atoms with Crippen molar-refractivity contribution in [3.8, 4) is 0 Å². The number of nitrogens with one attached hydrogen (secondary N) is 1. The van der Waals surface area contributed by atoms with Gasteiger partial charge in [-0.25, -0.2) is 9.97 Å². The molecule has 4 rings (SSSR count). The topological polar surface area (TPSA) is 81.8 Å². The number of aryl methyl sites for hydroxylation is 3. The fraction of sp³-hybridized carbons (Fsp3) is 0.222. The van der Waals surface area contributed by atoms with Crippen molar-refractivity contribution >= 4 is 55.4 Å². The number of imidazole rings is 1. The summed E-state index contributed by atoms with van der Waals surface area (Å²) in [6.07, 6.45) is 1.57. The van der Waals surface area contributed by atoms with Crippen LogP contribution in [0.15, 0.2) is 29.3 Å². The highest BCUT2D eigenvalue weighted by molar-refractivity contribution is 7.22. The molecule has 0 aliphatic carbocycles. The van der Waals surface area contributed by atoms with Crippen molar-refractivity contribution in [2.45, 2.75) is 20.4 Å². The van der Waals surface area contributed by atoms with Gasteiger partial charge in [0.1, 0.15) is 6.54 Å². The number of thiazole rings is 1. The van der Waals surface area contributed by atoms with Gasteiger partial charge in [0.25, 0.3) is 5.56 Å². The van der Waals surface area contributed by atoms with Gasteiger partial charge in [-0.2, -0.15) is 0 Å². The summed E-state index contributed by atoms with van der Waals surface area (Å²) in [7, 11) is 1.66. The molecule has 0 aliphatic rings. The Balaban J connectivity index is 1.61. The van der Waals surface area contributed by atoms with E-state index in [4.69, 9.17) is 11.6 Å². The average Bonchev–Trinajstić information content (AvgIpc) is 3.17. The molecule has 3 heterocycles. The number of pyridine rings is 1. The maximum Gasteiger partial charge on any atom is 0.252 e. The second-order valence-corrected chi connectivity index (χ2v) is 7.84. The molecule has 138 valence electrons. The molecule has 7 nitrogen and oxygen atoms in total. The highest BCUT2D eigenvalue weighted by atomic mass is 35.5. The van der Waals surface area contributed by atoms with Crippen LogP contribution in [-0.2, 0) is 18.4 Å². The van der Waals surface area contributed by atoms with Gasteiger partial charge < -0.3 is 9.88 Å². The molecule has 0 unspecified atom stereocenters. The molecule has 9 heteroatoms. The number of fused-ring (bicyclic) bond motifs is 2. The van der Waals surface area contributed by atoms with Crippen molar-refractivity contribution < 1.29 is 4.79 Å². The molecule has 0 saturated heterocycles. The summed E-state index contributed by atoms with van der Waals surface area (Å²) in [4.78, 5) is 33.1. The molecule has 27 heavy (non-hydrogen) atoms. The van der Waals surface area contributed by atoms with Crippen LogP contribution in [0.3, 0.4) is 0 Å². The second-order valence-electron chi connectivity index (χ2n) is 6.41. The Bertz CT molecular complexity index is 1230. The first-order valence-electron chi connectivity index (χ1n) is 8.21. The summed E-state index contributed by atoms with van der Waals surface area (Å²) >= 11 is 7.53. The van der Waals surface area contributed by atoms with Gasteiger partial charge in [-0.3, -0.25) is 14.2 Å². The van der Waals surface area contributed by atoms with Crippen LogP contribution in [0.4, 0.5) is 5.13 Å². The molecular weight excluding hydrogens is 386 g/mol. The normalized spacial score (nSPS) is 11.4. The number of rotatable bonds is 3. The largest absolute Gasteiger partial charge is 0.320 e. The Kier molecular flexibility index (Phi) is 4.24. The van der Waals surface area contributed by atoms with Crippen LogP contribution in [0.1, 0.15) is 11.1 Å². The number of carbonyl (C=O) groups excluding carboxylic acids is 1. The highest BCUT2D eigenvalue weighted by Gasteiger charge is 2.14. The number of amides is 1. The summed E-state index contributed by atoms with van der Waals surface area (Å²) in [5.74, 6) is -0.218. The minimum atomic E-state index is -0.218. The monoisotopic (exact) mass is 401 g/mol. The third-order valence-corrected chi connectivity index (χ3v) is 5.75. The van der Waals surface area contributed by atoms with Gasteiger partial charge in [0.2, 0.25) is 5.91 Å². The summed E-state index contributed by atoms with van der Waals surface area (Å²) in [5, 5.41) is 4.00. The number of aromatic nitrogens is 4. The Labute approximate surface area is 163 Å². The van der Waals surface area contributed by atoms with E-state index in [9.17, 15) is 9.59 Å². The molecule has 1 aromatic carbocycles. The number of hydrogen-bond acceptors (Lipinski definition) is 5. The second kappa shape index (κ2) is 6.47. The molecule has 0 bridgehead atoms. The molecule has 0 spiro atoms. The average molecular weight is 402 g/mol. The van der Waals surface area contributed by atoms with E-state index in [2.05, 4.69) is 15.3 Å².